The van der Waals surface area contributed by atoms with Crippen molar-refractivity contribution in [2.24, 2.45) is 0 Å². The first-order valence-corrected chi connectivity index (χ1v) is 6.45. The molecule has 1 aliphatic heterocycles. The van der Waals surface area contributed by atoms with Crippen molar-refractivity contribution in [3.05, 3.63) is 54.1 Å². The third kappa shape index (κ3) is 1.46. The van der Waals surface area contributed by atoms with E-state index in [1.54, 1.807) is 0 Å². The minimum absolute atomic E-state index is 0.184. The van der Waals surface area contributed by atoms with Gasteiger partial charge >= 0.3 is 0 Å². The fourth-order valence-electron chi connectivity index (χ4n) is 2.85. The molecule has 0 aliphatic carbocycles. The molecule has 0 radical (unpaired) electrons. The molecule has 0 N–H and O–H groups in total. The molecule has 0 bridgehead atoms. The number of hydrogen-bond donors (Lipinski definition) is 0. The van der Waals surface area contributed by atoms with Gasteiger partial charge in [0, 0.05) is 11.8 Å². The zero-order chi connectivity index (χ0) is 12.8. The summed E-state index contributed by atoms with van der Waals surface area (Å²) in [5.41, 5.74) is 0.751. The number of ether oxygens (including phenoxy) is 1. The van der Waals surface area contributed by atoms with Crippen LogP contribution in [0, 0.1) is 0 Å². The summed E-state index contributed by atoms with van der Waals surface area (Å²) in [4.78, 5) is 12.3. The van der Waals surface area contributed by atoms with E-state index in [1.165, 1.54) is 0 Å². The zero-order valence-corrected chi connectivity index (χ0v) is 10.3. The molecule has 19 heavy (non-hydrogen) atoms. The monoisotopic (exact) mass is 248 g/mol. The van der Waals surface area contributed by atoms with Crippen LogP contribution in [0.2, 0.25) is 0 Å². The number of hydrogen-bond acceptors (Lipinski definition) is 2. The second-order valence-corrected chi connectivity index (χ2v) is 4.85. The molecule has 3 aromatic carbocycles. The minimum Gasteiger partial charge on any atom is -0.492 e. The van der Waals surface area contributed by atoms with Crippen LogP contribution >= 0.6 is 0 Å². The van der Waals surface area contributed by atoms with Gasteiger partial charge in [0.2, 0.25) is 0 Å². The van der Waals surface area contributed by atoms with Crippen LogP contribution < -0.4 is 4.74 Å². The maximum atomic E-state index is 12.3. The number of ketones is 1. The maximum Gasteiger partial charge on any atom is 0.170 e. The molecule has 0 spiro atoms. The van der Waals surface area contributed by atoms with Crippen LogP contribution in [0.4, 0.5) is 0 Å². The third-order valence-electron chi connectivity index (χ3n) is 3.74. The van der Waals surface area contributed by atoms with Crippen molar-refractivity contribution in [3.8, 4) is 5.75 Å². The van der Waals surface area contributed by atoms with E-state index in [0.717, 1.165) is 32.9 Å². The number of benzene rings is 3. The van der Waals surface area contributed by atoms with Crippen LogP contribution in [0.3, 0.4) is 0 Å². The molecule has 0 atom stereocenters. The van der Waals surface area contributed by atoms with Gasteiger partial charge in [-0.3, -0.25) is 4.79 Å². The van der Waals surface area contributed by atoms with Crippen molar-refractivity contribution < 1.29 is 9.53 Å². The highest BCUT2D eigenvalue weighted by molar-refractivity contribution is 6.20. The second kappa shape index (κ2) is 3.82. The highest BCUT2D eigenvalue weighted by atomic mass is 16.5. The number of carbonyl (C=O) groups excluding carboxylic acids is 1. The summed E-state index contributed by atoms with van der Waals surface area (Å²) < 4.78 is 5.63. The van der Waals surface area contributed by atoms with Crippen LogP contribution in [0.25, 0.3) is 21.5 Å². The molecule has 2 nitrogen and oxygen atoms in total. The molecule has 0 amide bonds. The molecule has 1 aliphatic rings. The normalized spacial score (nSPS) is 14.4. The van der Waals surface area contributed by atoms with Crippen molar-refractivity contribution in [2.45, 2.75) is 6.42 Å². The predicted molar refractivity (Wildman–Crippen MR) is 75.9 cm³/mol. The standard InChI is InChI=1S/C17H12O2/c18-14-9-10-19-15-8-7-12-6-5-11-3-1-2-4-13(11)16(12)17(14)15/h1-8H,9-10H2. The number of rotatable bonds is 0. The van der Waals surface area contributed by atoms with Gasteiger partial charge in [0.25, 0.3) is 0 Å². The average Bonchev–Trinajstić information content (AvgIpc) is 2.47. The van der Waals surface area contributed by atoms with Gasteiger partial charge in [0.1, 0.15) is 5.75 Å². The lowest BCUT2D eigenvalue weighted by molar-refractivity contribution is 0.0936. The van der Waals surface area contributed by atoms with Gasteiger partial charge in [-0.05, 0) is 22.2 Å². The summed E-state index contributed by atoms with van der Waals surface area (Å²) in [7, 11) is 0. The molecule has 2 heteroatoms. The quantitative estimate of drug-likeness (QED) is 0.563. The van der Waals surface area contributed by atoms with Crippen molar-refractivity contribution in [1.29, 1.82) is 0 Å². The van der Waals surface area contributed by atoms with Crippen LogP contribution in [0.5, 0.6) is 5.75 Å². The lowest BCUT2D eigenvalue weighted by Crippen LogP contribution is -2.15. The molecule has 92 valence electrons. The van der Waals surface area contributed by atoms with E-state index in [2.05, 4.69) is 24.3 Å². The number of Topliss-reactive ketones (excluding diaryl/α,β-unsaturated/α-hetero) is 1. The summed E-state index contributed by atoms with van der Waals surface area (Å²) in [6, 6.07) is 16.3. The van der Waals surface area contributed by atoms with Gasteiger partial charge in [-0.15, -0.1) is 0 Å². The van der Waals surface area contributed by atoms with Gasteiger partial charge in [-0.25, -0.2) is 0 Å². The number of fused-ring (bicyclic) bond motifs is 5. The van der Waals surface area contributed by atoms with Gasteiger partial charge < -0.3 is 4.74 Å². The fourth-order valence-corrected chi connectivity index (χ4v) is 2.85. The summed E-state index contributed by atoms with van der Waals surface area (Å²) >= 11 is 0. The van der Waals surface area contributed by atoms with Crippen molar-refractivity contribution in [1.82, 2.24) is 0 Å². The SMILES string of the molecule is O=C1CCOc2ccc3ccc4ccccc4c3c21. The Balaban J connectivity index is 2.25. The van der Waals surface area contributed by atoms with Crippen LogP contribution in [-0.4, -0.2) is 12.4 Å². The third-order valence-corrected chi connectivity index (χ3v) is 3.74. The summed E-state index contributed by atoms with van der Waals surface area (Å²) in [6.45, 7) is 0.488. The van der Waals surface area contributed by atoms with E-state index in [4.69, 9.17) is 4.74 Å². The Bertz CT molecular complexity index is 818. The van der Waals surface area contributed by atoms with Gasteiger partial charge in [0.15, 0.2) is 5.78 Å². The largest absolute Gasteiger partial charge is 0.492 e. The molecular weight excluding hydrogens is 236 g/mol. The van der Waals surface area contributed by atoms with E-state index < -0.39 is 0 Å². The van der Waals surface area contributed by atoms with E-state index in [0.29, 0.717) is 13.0 Å². The Morgan fingerprint density at radius 3 is 2.63 bits per heavy atom. The topological polar surface area (TPSA) is 26.3 Å². The minimum atomic E-state index is 0.184. The Labute approximate surface area is 110 Å². The van der Waals surface area contributed by atoms with Crippen molar-refractivity contribution >= 4 is 27.3 Å². The van der Waals surface area contributed by atoms with E-state index >= 15 is 0 Å². The van der Waals surface area contributed by atoms with Gasteiger partial charge in [-0.1, -0.05) is 42.5 Å². The first-order valence-electron chi connectivity index (χ1n) is 6.45. The van der Waals surface area contributed by atoms with Gasteiger partial charge in [0.05, 0.1) is 12.2 Å². The first kappa shape index (κ1) is 10.6. The molecule has 0 saturated heterocycles. The van der Waals surface area contributed by atoms with Gasteiger partial charge in [-0.2, -0.15) is 0 Å². The van der Waals surface area contributed by atoms with E-state index in [9.17, 15) is 4.79 Å². The van der Waals surface area contributed by atoms with Crippen LogP contribution in [-0.2, 0) is 0 Å². The lowest BCUT2D eigenvalue weighted by Gasteiger charge is -2.19. The first-order chi connectivity index (χ1) is 9.34. The molecule has 0 aromatic heterocycles. The predicted octanol–water partition coefficient (Wildman–Crippen LogP) is 3.96. The van der Waals surface area contributed by atoms with Crippen LogP contribution in [0.15, 0.2) is 48.5 Å². The fraction of sp³-hybridized carbons (Fsp3) is 0.118. The lowest BCUT2D eigenvalue weighted by atomic mass is 9.93. The molecule has 3 aromatic rings. The van der Waals surface area contributed by atoms with Crippen LogP contribution in [0.1, 0.15) is 16.8 Å². The molecule has 1 heterocycles. The Kier molecular flexibility index (Phi) is 2.12. The molecule has 0 saturated carbocycles. The molecule has 4 rings (SSSR count). The highest BCUT2D eigenvalue weighted by Gasteiger charge is 2.22. The molecule has 0 unspecified atom stereocenters. The van der Waals surface area contributed by atoms with Crippen molar-refractivity contribution in [2.75, 3.05) is 6.61 Å². The summed E-state index contributed by atoms with van der Waals surface area (Å²) in [6.07, 6.45) is 0.468. The maximum absolute atomic E-state index is 12.3. The summed E-state index contributed by atoms with van der Waals surface area (Å²) in [5.74, 6) is 0.906. The molecular formula is C17H12O2. The smallest absolute Gasteiger partial charge is 0.170 e. The average molecular weight is 248 g/mol. The Hall–Kier alpha value is -2.35. The summed E-state index contributed by atoms with van der Waals surface area (Å²) in [5, 5.41) is 4.40. The zero-order valence-electron chi connectivity index (χ0n) is 10.3. The highest BCUT2D eigenvalue weighted by Crippen LogP contribution is 2.36. The second-order valence-electron chi connectivity index (χ2n) is 4.85. The molecule has 0 fully saturated rings. The Morgan fingerprint density at radius 2 is 1.68 bits per heavy atom. The van der Waals surface area contributed by atoms with Crippen molar-refractivity contribution in [3.63, 3.8) is 0 Å². The van der Waals surface area contributed by atoms with E-state index in [1.807, 2.05) is 24.3 Å². The van der Waals surface area contributed by atoms with E-state index in [-0.39, 0.29) is 5.78 Å². The number of carbonyl (C=O) groups is 1. The Morgan fingerprint density at radius 1 is 0.895 bits per heavy atom.